The van der Waals surface area contributed by atoms with Crippen molar-refractivity contribution in [2.24, 2.45) is 0 Å². The molecule has 142 valence electrons. The van der Waals surface area contributed by atoms with E-state index >= 15 is 0 Å². The van der Waals surface area contributed by atoms with Gasteiger partial charge in [-0.15, -0.1) is 11.3 Å². The fourth-order valence-electron chi connectivity index (χ4n) is 2.75. The van der Waals surface area contributed by atoms with Gasteiger partial charge in [0.2, 0.25) is 0 Å². The number of carbonyl (C=O) groups is 1. The van der Waals surface area contributed by atoms with Crippen LogP contribution in [0.25, 0.3) is 22.3 Å². The Morgan fingerprint density at radius 1 is 1.21 bits per heavy atom. The minimum Gasteiger partial charge on any atom is -0.496 e. The van der Waals surface area contributed by atoms with Gasteiger partial charge >= 0.3 is 0 Å². The molecule has 0 spiro atoms. The molecule has 4 rings (SSSR count). The highest BCUT2D eigenvalue weighted by molar-refractivity contribution is 7.14. The minimum atomic E-state index is -2.70. The predicted octanol–water partition coefficient (Wildman–Crippen LogP) is 4.88. The maximum Gasteiger partial charge on any atom is 0.295 e. The number of anilines is 1. The molecule has 2 heterocycles. The summed E-state index contributed by atoms with van der Waals surface area (Å²) in [7, 11) is 1.58. The van der Waals surface area contributed by atoms with Gasteiger partial charge in [-0.25, -0.2) is 18.7 Å². The van der Waals surface area contributed by atoms with Crippen molar-refractivity contribution in [2.75, 3.05) is 12.4 Å². The van der Waals surface area contributed by atoms with E-state index < -0.39 is 18.2 Å². The van der Waals surface area contributed by atoms with Gasteiger partial charge in [-0.05, 0) is 30.3 Å². The zero-order chi connectivity index (χ0) is 19.7. The van der Waals surface area contributed by atoms with Gasteiger partial charge < -0.3 is 9.72 Å². The van der Waals surface area contributed by atoms with Gasteiger partial charge in [0.1, 0.15) is 5.75 Å². The fraction of sp³-hybridized carbons (Fsp3) is 0.105. The highest BCUT2D eigenvalue weighted by Gasteiger charge is 2.16. The number of rotatable bonds is 5. The van der Waals surface area contributed by atoms with Crippen molar-refractivity contribution >= 4 is 33.4 Å². The molecule has 0 saturated heterocycles. The third kappa shape index (κ3) is 3.44. The van der Waals surface area contributed by atoms with Crippen molar-refractivity contribution in [1.82, 2.24) is 15.0 Å². The first-order chi connectivity index (χ1) is 13.5. The lowest BCUT2D eigenvalue weighted by molar-refractivity contribution is 0.102. The average Bonchev–Trinajstić information content (AvgIpc) is 3.34. The number of imidazole rings is 1. The highest BCUT2D eigenvalue weighted by atomic mass is 32.1. The van der Waals surface area contributed by atoms with Gasteiger partial charge in [-0.2, -0.15) is 0 Å². The van der Waals surface area contributed by atoms with Crippen molar-refractivity contribution in [3.63, 3.8) is 0 Å². The molecule has 0 bridgehead atoms. The Morgan fingerprint density at radius 2 is 2.04 bits per heavy atom. The number of nitrogens with one attached hydrogen (secondary N) is 2. The van der Waals surface area contributed by atoms with Gasteiger partial charge in [-0.1, -0.05) is 12.1 Å². The van der Waals surface area contributed by atoms with Crippen LogP contribution in [0, 0.1) is 0 Å². The number of aromatic nitrogens is 3. The summed E-state index contributed by atoms with van der Waals surface area (Å²) in [5, 5.41) is 4.97. The Balaban J connectivity index is 1.55. The number of methoxy groups -OCH3 is 1. The average molecular weight is 400 g/mol. The van der Waals surface area contributed by atoms with E-state index in [1.54, 1.807) is 7.11 Å². The number of hydrogen-bond acceptors (Lipinski definition) is 5. The molecule has 0 radical (unpaired) electrons. The van der Waals surface area contributed by atoms with Crippen LogP contribution in [0.2, 0.25) is 0 Å². The Bertz CT molecular complexity index is 1160. The normalized spacial score (nSPS) is 11.1. The number of thiazole rings is 1. The number of benzene rings is 2. The van der Waals surface area contributed by atoms with Gasteiger partial charge in [0.05, 0.1) is 23.8 Å². The second-order valence-corrected chi connectivity index (χ2v) is 6.71. The van der Waals surface area contributed by atoms with Crippen LogP contribution in [0.1, 0.15) is 22.6 Å². The fourth-order valence-corrected chi connectivity index (χ4v) is 3.46. The Hall–Kier alpha value is -3.33. The van der Waals surface area contributed by atoms with Gasteiger partial charge in [0.25, 0.3) is 12.3 Å². The lowest BCUT2D eigenvalue weighted by Crippen LogP contribution is -2.11. The third-order valence-corrected chi connectivity index (χ3v) is 4.83. The molecule has 4 aromatic rings. The van der Waals surface area contributed by atoms with E-state index in [4.69, 9.17) is 4.74 Å². The topological polar surface area (TPSA) is 79.9 Å². The molecule has 2 aromatic carbocycles. The quantitative estimate of drug-likeness (QED) is 0.500. The number of carbonyl (C=O) groups excluding carboxylic acids is 1. The number of aromatic amines is 1. The SMILES string of the molecule is COc1ccccc1-c1csc(NC(=O)c2ccc3nc(C(F)F)[nH]c3c2)n1. The summed E-state index contributed by atoms with van der Waals surface area (Å²) in [5.41, 5.74) is 2.56. The summed E-state index contributed by atoms with van der Waals surface area (Å²) in [6.45, 7) is 0. The molecule has 0 aliphatic heterocycles. The summed E-state index contributed by atoms with van der Waals surface area (Å²) in [6.07, 6.45) is -2.70. The molecule has 0 aliphatic carbocycles. The Labute approximate surface area is 162 Å². The number of amides is 1. The molecular formula is C19H14F2N4O2S. The van der Waals surface area contributed by atoms with Crippen LogP contribution in [-0.2, 0) is 0 Å². The molecule has 1 amide bonds. The Morgan fingerprint density at radius 3 is 2.82 bits per heavy atom. The summed E-state index contributed by atoms with van der Waals surface area (Å²) < 4.78 is 30.9. The van der Waals surface area contributed by atoms with Crippen molar-refractivity contribution in [2.45, 2.75) is 6.43 Å². The molecule has 0 saturated carbocycles. The number of halogens is 2. The van der Waals surface area contributed by atoms with E-state index in [1.165, 1.54) is 29.5 Å². The van der Waals surface area contributed by atoms with E-state index in [9.17, 15) is 13.6 Å². The summed E-state index contributed by atoms with van der Waals surface area (Å²) in [4.78, 5) is 23.3. The van der Waals surface area contributed by atoms with Gasteiger partial charge in [0, 0.05) is 16.5 Å². The summed E-state index contributed by atoms with van der Waals surface area (Å²) >= 11 is 1.28. The zero-order valence-corrected chi connectivity index (χ0v) is 15.4. The first kappa shape index (κ1) is 18.1. The van der Waals surface area contributed by atoms with Crippen LogP contribution >= 0.6 is 11.3 Å². The molecule has 0 atom stereocenters. The van der Waals surface area contributed by atoms with Crippen molar-refractivity contribution < 1.29 is 18.3 Å². The van der Waals surface area contributed by atoms with Gasteiger partial charge in [-0.3, -0.25) is 10.1 Å². The molecule has 2 aromatic heterocycles. The third-order valence-electron chi connectivity index (χ3n) is 4.08. The van der Waals surface area contributed by atoms with E-state index in [2.05, 4.69) is 20.3 Å². The first-order valence-corrected chi connectivity index (χ1v) is 9.11. The summed E-state index contributed by atoms with van der Waals surface area (Å²) in [5.74, 6) is -0.129. The lowest BCUT2D eigenvalue weighted by Gasteiger charge is -2.05. The van der Waals surface area contributed by atoms with Crippen LogP contribution < -0.4 is 10.1 Å². The predicted molar refractivity (Wildman–Crippen MR) is 103 cm³/mol. The first-order valence-electron chi connectivity index (χ1n) is 8.23. The maximum absolute atomic E-state index is 12.8. The van der Waals surface area contributed by atoms with Crippen LogP contribution in [0.4, 0.5) is 13.9 Å². The highest BCUT2D eigenvalue weighted by Crippen LogP contribution is 2.32. The van der Waals surface area contributed by atoms with Crippen molar-refractivity contribution in [3.05, 3.63) is 59.2 Å². The van der Waals surface area contributed by atoms with E-state index in [0.29, 0.717) is 33.2 Å². The monoisotopic (exact) mass is 400 g/mol. The molecule has 9 heteroatoms. The van der Waals surface area contributed by atoms with Crippen LogP contribution in [0.15, 0.2) is 47.8 Å². The number of fused-ring (bicyclic) bond motifs is 1. The molecular weight excluding hydrogens is 386 g/mol. The lowest BCUT2D eigenvalue weighted by atomic mass is 10.1. The minimum absolute atomic E-state index is 0.311. The standard InChI is InChI=1S/C19H14F2N4O2S/c1-27-15-5-3-2-4-11(15)14-9-28-19(24-14)25-18(26)10-6-7-12-13(8-10)23-17(22-12)16(20)21/h2-9,16H,1H3,(H,22,23)(H,24,25,26). The summed E-state index contributed by atoms with van der Waals surface area (Å²) in [6, 6.07) is 12.0. The number of ether oxygens (including phenoxy) is 1. The van der Waals surface area contributed by atoms with Crippen molar-refractivity contribution in [3.8, 4) is 17.0 Å². The number of alkyl halides is 2. The van der Waals surface area contributed by atoms with Crippen LogP contribution in [-0.4, -0.2) is 28.0 Å². The smallest absolute Gasteiger partial charge is 0.295 e. The second kappa shape index (κ2) is 7.35. The number of nitrogens with zero attached hydrogens (tertiary/aromatic N) is 2. The molecule has 2 N–H and O–H groups in total. The molecule has 6 nitrogen and oxygen atoms in total. The maximum atomic E-state index is 12.8. The molecule has 0 fully saturated rings. The number of para-hydroxylation sites is 1. The van der Waals surface area contributed by atoms with E-state index in [-0.39, 0.29) is 0 Å². The van der Waals surface area contributed by atoms with E-state index in [1.807, 2.05) is 29.6 Å². The number of H-pyrrole nitrogens is 1. The zero-order valence-electron chi connectivity index (χ0n) is 14.6. The van der Waals surface area contributed by atoms with E-state index in [0.717, 1.165) is 5.56 Å². The molecule has 0 aliphatic rings. The van der Waals surface area contributed by atoms with Crippen LogP contribution in [0.5, 0.6) is 5.75 Å². The number of hydrogen-bond donors (Lipinski definition) is 2. The van der Waals surface area contributed by atoms with Crippen LogP contribution in [0.3, 0.4) is 0 Å². The molecule has 0 unspecified atom stereocenters. The van der Waals surface area contributed by atoms with Gasteiger partial charge in [0.15, 0.2) is 11.0 Å². The Kier molecular flexibility index (Phi) is 4.74. The second-order valence-electron chi connectivity index (χ2n) is 5.85. The largest absolute Gasteiger partial charge is 0.496 e. The molecule has 28 heavy (non-hydrogen) atoms. The van der Waals surface area contributed by atoms with Crippen molar-refractivity contribution in [1.29, 1.82) is 0 Å².